The summed E-state index contributed by atoms with van der Waals surface area (Å²) in [6.07, 6.45) is 6.29. The van der Waals surface area contributed by atoms with Crippen molar-refractivity contribution in [2.75, 3.05) is 6.61 Å². The molecular weight excluding hydrogens is 461 g/mol. The van der Waals surface area contributed by atoms with E-state index in [2.05, 4.69) is 13.5 Å². The van der Waals surface area contributed by atoms with E-state index in [4.69, 9.17) is 9.47 Å². The number of ether oxygens (including phenoxy) is 2. The summed E-state index contributed by atoms with van der Waals surface area (Å²) < 4.78 is 55.2. The van der Waals surface area contributed by atoms with Gasteiger partial charge in [0.1, 0.15) is 11.5 Å². The van der Waals surface area contributed by atoms with Gasteiger partial charge in [-0.25, -0.2) is 13.2 Å². The summed E-state index contributed by atoms with van der Waals surface area (Å²) in [6.45, 7) is 8.20. The van der Waals surface area contributed by atoms with Crippen LogP contribution in [-0.4, -0.2) is 6.61 Å². The summed E-state index contributed by atoms with van der Waals surface area (Å²) in [5, 5.41) is 0. The van der Waals surface area contributed by atoms with Gasteiger partial charge in [-0.1, -0.05) is 50.6 Å². The van der Waals surface area contributed by atoms with Crippen molar-refractivity contribution in [2.45, 2.75) is 58.3 Å². The van der Waals surface area contributed by atoms with Crippen LogP contribution < -0.4 is 9.47 Å². The normalized spacial score (nSPS) is 17.6. The van der Waals surface area contributed by atoms with E-state index in [0.717, 1.165) is 37.7 Å². The Morgan fingerprint density at radius 3 is 2.19 bits per heavy atom. The Bertz CT molecular complexity index is 1200. The van der Waals surface area contributed by atoms with Gasteiger partial charge in [0.05, 0.1) is 12.2 Å². The van der Waals surface area contributed by atoms with E-state index in [1.165, 1.54) is 12.5 Å². The van der Waals surface area contributed by atoms with Gasteiger partial charge in [-0.3, -0.25) is 0 Å². The Labute approximate surface area is 211 Å². The molecule has 1 aliphatic carbocycles. The molecule has 190 valence electrons. The number of hydrogen-bond acceptors (Lipinski definition) is 2. The fraction of sp³-hybridized carbons (Fsp3) is 0.355. The van der Waals surface area contributed by atoms with Crippen LogP contribution in [0, 0.1) is 23.4 Å². The van der Waals surface area contributed by atoms with Crippen LogP contribution in [0.4, 0.5) is 13.2 Å². The molecule has 1 aliphatic rings. The Hall–Kier alpha value is -3.21. The van der Waals surface area contributed by atoms with Crippen LogP contribution in [0.1, 0.15) is 69.4 Å². The molecule has 0 amide bonds. The first kappa shape index (κ1) is 25.9. The van der Waals surface area contributed by atoms with Crippen LogP contribution in [0.25, 0.3) is 16.9 Å². The zero-order chi connectivity index (χ0) is 25.7. The molecular formula is C31H33F3O2. The third-order valence-corrected chi connectivity index (χ3v) is 7.06. The number of benzene rings is 3. The molecule has 0 aliphatic heterocycles. The SMILES string of the molecule is C=C(Oc1ccc(-c2ccc(OCC)c(F)c2)cc1)c1ccc(C2CCC(CCC)CC2)c(F)c1F. The van der Waals surface area contributed by atoms with Crippen LogP contribution in [0.5, 0.6) is 11.5 Å². The van der Waals surface area contributed by atoms with Crippen LogP contribution in [0.15, 0.2) is 61.2 Å². The monoisotopic (exact) mass is 494 g/mol. The largest absolute Gasteiger partial charge is 0.491 e. The maximum Gasteiger partial charge on any atom is 0.170 e. The van der Waals surface area contributed by atoms with Gasteiger partial charge in [-0.2, -0.15) is 0 Å². The second kappa shape index (κ2) is 11.7. The molecule has 0 saturated heterocycles. The van der Waals surface area contributed by atoms with E-state index in [1.54, 1.807) is 55.5 Å². The first-order chi connectivity index (χ1) is 17.4. The predicted molar refractivity (Wildman–Crippen MR) is 139 cm³/mol. The zero-order valence-corrected chi connectivity index (χ0v) is 21.0. The quantitative estimate of drug-likeness (QED) is 0.276. The van der Waals surface area contributed by atoms with Gasteiger partial charge in [0.2, 0.25) is 0 Å². The molecule has 36 heavy (non-hydrogen) atoms. The van der Waals surface area contributed by atoms with Crippen LogP contribution in [0.3, 0.4) is 0 Å². The number of hydrogen-bond donors (Lipinski definition) is 0. The Kier molecular flexibility index (Phi) is 8.40. The fourth-order valence-electron chi connectivity index (χ4n) is 5.13. The third-order valence-electron chi connectivity index (χ3n) is 7.06. The summed E-state index contributed by atoms with van der Waals surface area (Å²) >= 11 is 0. The van der Waals surface area contributed by atoms with Gasteiger partial charge >= 0.3 is 0 Å². The standard InChI is InChI=1S/C31H33F3O2/c1-4-6-21-7-9-23(10-8-21)27-17-16-26(30(33)31(27)34)20(3)36-25-14-11-22(12-15-25)24-13-18-29(35-5-2)28(32)19-24/h11-19,21,23H,3-10H2,1-2H3. The van der Waals surface area contributed by atoms with Crippen molar-refractivity contribution >= 4 is 5.76 Å². The second-order valence-corrected chi connectivity index (χ2v) is 9.46. The van der Waals surface area contributed by atoms with Gasteiger partial charge in [0.15, 0.2) is 23.2 Å². The molecule has 0 heterocycles. The molecule has 0 radical (unpaired) electrons. The minimum atomic E-state index is -0.922. The van der Waals surface area contributed by atoms with Crippen molar-refractivity contribution in [3.8, 4) is 22.6 Å². The van der Waals surface area contributed by atoms with E-state index in [0.29, 0.717) is 29.4 Å². The molecule has 1 saturated carbocycles. The third kappa shape index (κ3) is 5.77. The summed E-state index contributed by atoms with van der Waals surface area (Å²) in [4.78, 5) is 0. The topological polar surface area (TPSA) is 18.5 Å². The van der Waals surface area contributed by atoms with Crippen LogP contribution in [-0.2, 0) is 0 Å². The van der Waals surface area contributed by atoms with Gasteiger partial charge in [0.25, 0.3) is 0 Å². The number of halogens is 3. The maximum atomic E-state index is 15.0. The molecule has 2 nitrogen and oxygen atoms in total. The highest BCUT2D eigenvalue weighted by atomic mass is 19.2. The lowest BCUT2D eigenvalue weighted by Gasteiger charge is -2.29. The first-order valence-corrected chi connectivity index (χ1v) is 12.8. The van der Waals surface area contributed by atoms with Crippen molar-refractivity contribution in [3.63, 3.8) is 0 Å². The molecule has 0 atom stereocenters. The first-order valence-electron chi connectivity index (χ1n) is 12.8. The van der Waals surface area contributed by atoms with Crippen molar-refractivity contribution < 1.29 is 22.6 Å². The Balaban J connectivity index is 1.43. The fourth-order valence-corrected chi connectivity index (χ4v) is 5.13. The molecule has 0 bridgehead atoms. The lowest BCUT2D eigenvalue weighted by Crippen LogP contribution is -2.15. The molecule has 1 fully saturated rings. The van der Waals surface area contributed by atoms with Gasteiger partial charge in [0, 0.05) is 0 Å². The van der Waals surface area contributed by atoms with Crippen molar-refractivity contribution in [2.24, 2.45) is 5.92 Å². The molecule has 0 spiro atoms. The smallest absolute Gasteiger partial charge is 0.170 e. The lowest BCUT2D eigenvalue weighted by molar-refractivity contribution is 0.303. The Morgan fingerprint density at radius 1 is 0.861 bits per heavy atom. The minimum absolute atomic E-state index is 0.00794. The van der Waals surface area contributed by atoms with E-state index in [1.807, 2.05) is 0 Å². The highest BCUT2D eigenvalue weighted by Gasteiger charge is 2.26. The summed E-state index contributed by atoms with van der Waals surface area (Å²) in [5.74, 6) is -0.737. The predicted octanol–water partition coefficient (Wildman–Crippen LogP) is 9.29. The number of rotatable bonds is 9. The molecule has 3 aromatic carbocycles. The van der Waals surface area contributed by atoms with E-state index < -0.39 is 17.5 Å². The molecule has 0 unspecified atom stereocenters. The highest BCUT2D eigenvalue weighted by Crippen LogP contribution is 2.39. The van der Waals surface area contributed by atoms with Gasteiger partial charge < -0.3 is 9.47 Å². The van der Waals surface area contributed by atoms with Crippen molar-refractivity contribution in [3.05, 3.63) is 89.8 Å². The summed E-state index contributed by atoms with van der Waals surface area (Å²) in [5.41, 5.74) is 1.93. The molecule has 0 aromatic heterocycles. The second-order valence-electron chi connectivity index (χ2n) is 9.46. The average molecular weight is 495 g/mol. The minimum Gasteiger partial charge on any atom is -0.491 e. The van der Waals surface area contributed by atoms with Crippen LogP contribution >= 0.6 is 0 Å². The molecule has 4 rings (SSSR count). The zero-order valence-electron chi connectivity index (χ0n) is 21.0. The maximum absolute atomic E-state index is 15.0. The molecule has 3 aromatic rings. The molecule has 5 heteroatoms. The van der Waals surface area contributed by atoms with Gasteiger partial charge in [-0.05, 0) is 91.5 Å². The van der Waals surface area contributed by atoms with Crippen molar-refractivity contribution in [1.82, 2.24) is 0 Å². The lowest BCUT2D eigenvalue weighted by atomic mass is 9.77. The summed E-state index contributed by atoms with van der Waals surface area (Å²) in [6, 6.07) is 14.9. The van der Waals surface area contributed by atoms with Gasteiger partial charge in [-0.15, -0.1) is 0 Å². The molecule has 0 N–H and O–H groups in total. The van der Waals surface area contributed by atoms with E-state index in [-0.39, 0.29) is 23.0 Å². The summed E-state index contributed by atoms with van der Waals surface area (Å²) in [7, 11) is 0. The van der Waals surface area contributed by atoms with E-state index in [9.17, 15) is 4.39 Å². The highest BCUT2D eigenvalue weighted by molar-refractivity contribution is 5.66. The van der Waals surface area contributed by atoms with Crippen molar-refractivity contribution in [1.29, 1.82) is 0 Å². The van der Waals surface area contributed by atoms with Crippen LogP contribution in [0.2, 0.25) is 0 Å². The van der Waals surface area contributed by atoms with E-state index >= 15 is 8.78 Å². The Morgan fingerprint density at radius 2 is 1.56 bits per heavy atom. The average Bonchev–Trinajstić information content (AvgIpc) is 2.88.